The molecule has 1 aliphatic rings. The van der Waals surface area contributed by atoms with Crippen molar-refractivity contribution in [2.75, 3.05) is 13.7 Å². The summed E-state index contributed by atoms with van der Waals surface area (Å²) >= 11 is 0. The monoisotopic (exact) mass is 232 g/mol. The fraction of sp³-hybridized carbons (Fsp3) is 0.533. The van der Waals surface area contributed by atoms with Gasteiger partial charge in [0, 0.05) is 13.5 Å². The first kappa shape index (κ1) is 12.3. The lowest BCUT2D eigenvalue weighted by molar-refractivity contribution is -0.125. The zero-order valence-electron chi connectivity index (χ0n) is 10.4. The number of ether oxygens (including phenoxy) is 1. The second kappa shape index (κ2) is 5.46. The molecule has 0 aromatic heterocycles. The van der Waals surface area contributed by atoms with Crippen LogP contribution in [0.3, 0.4) is 0 Å². The number of carbonyl (C=O) groups is 1. The van der Waals surface area contributed by atoms with Gasteiger partial charge in [-0.15, -0.1) is 0 Å². The Labute approximate surface area is 103 Å². The number of hydrogen-bond acceptors (Lipinski definition) is 2. The van der Waals surface area contributed by atoms with E-state index in [9.17, 15) is 4.79 Å². The van der Waals surface area contributed by atoms with Gasteiger partial charge in [-0.1, -0.05) is 43.2 Å². The Morgan fingerprint density at radius 2 is 1.88 bits per heavy atom. The molecule has 0 saturated heterocycles. The minimum atomic E-state index is -0.222. The van der Waals surface area contributed by atoms with E-state index in [-0.39, 0.29) is 5.41 Å². The van der Waals surface area contributed by atoms with Gasteiger partial charge in [0.1, 0.15) is 5.78 Å². The zero-order chi connectivity index (χ0) is 12.1. The Balaban J connectivity index is 2.24. The van der Waals surface area contributed by atoms with Crippen molar-refractivity contribution in [2.24, 2.45) is 0 Å². The van der Waals surface area contributed by atoms with Gasteiger partial charge in [-0.25, -0.2) is 0 Å². The number of methoxy groups -OCH3 is 1. The Morgan fingerprint density at radius 3 is 2.47 bits per heavy atom. The molecule has 0 N–H and O–H groups in total. The number of rotatable bonds is 5. The molecule has 1 aliphatic carbocycles. The average Bonchev–Trinajstić information content (AvgIpc) is 2.87. The maximum atomic E-state index is 12.4. The van der Waals surface area contributed by atoms with Crippen molar-refractivity contribution < 1.29 is 9.53 Å². The topological polar surface area (TPSA) is 26.3 Å². The maximum Gasteiger partial charge on any atom is 0.145 e. The molecule has 0 heterocycles. The van der Waals surface area contributed by atoms with Crippen LogP contribution in [0.1, 0.15) is 37.7 Å². The molecule has 0 aliphatic heterocycles. The van der Waals surface area contributed by atoms with Gasteiger partial charge in [0.2, 0.25) is 0 Å². The second-order valence-electron chi connectivity index (χ2n) is 4.82. The first-order chi connectivity index (χ1) is 8.29. The Kier molecular flexibility index (Phi) is 3.95. The summed E-state index contributed by atoms with van der Waals surface area (Å²) in [6.07, 6.45) is 4.85. The van der Waals surface area contributed by atoms with Crippen LogP contribution in [0.2, 0.25) is 0 Å². The standard InChI is InChI=1S/C15H20O2/c1-17-12-9-14(16)15(10-5-6-11-15)13-7-3-2-4-8-13/h2-4,7-8H,5-6,9-12H2,1H3. The summed E-state index contributed by atoms with van der Waals surface area (Å²) in [5, 5.41) is 0. The van der Waals surface area contributed by atoms with Crippen LogP contribution < -0.4 is 0 Å². The number of carbonyl (C=O) groups excluding carboxylic acids is 1. The Morgan fingerprint density at radius 1 is 1.24 bits per heavy atom. The molecule has 1 saturated carbocycles. The lowest BCUT2D eigenvalue weighted by atomic mass is 9.74. The number of Topliss-reactive ketones (excluding diaryl/α,β-unsaturated/α-hetero) is 1. The van der Waals surface area contributed by atoms with Crippen LogP contribution in [0.25, 0.3) is 0 Å². The van der Waals surface area contributed by atoms with Crippen LogP contribution in [0.5, 0.6) is 0 Å². The van der Waals surface area contributed by atoms with Crippen LogP contribution in [-0.2, 0) is 14.9 Å². The van der Waals surface area contributed by atoms with Crippen molar-refractivity contribution in [2.45, 2.75) is 37.5 Å². The van der Waals surface area contributed by atoms with Gasteiger partial charge in [0.25, 0.3) is 0 Å². The average molecular weight is 232 g/mol. The Hall–Kier alpha value is -1.15. The van der Waals surface area contributed by atoms with E-state index in [2.05, 4.69) is 12.1 Å². The summed E-state index contributed by atoms with van der Waals surface area (Å²) in [4.78, 5) is 12.4. The molecule has 2 heteroatoms. The molecular formula is C15H20O2. The minimum Gasteiger partial charge on any atom is -0.384 e. The molecule has 0 spiro atoms. The SMILES string of the molecule is COCCC(=O)C1(c2ccccc2)CCCC1. The van der Waals surface area contributed by atoms with E-state index in [0.29, 0.717) is 18.8 Å². The third-order valence-electron chi connectivity index (χ3n) is 3.85. The molecule has 92 valence electrons. The van der Waals surface area contributed by atoms with Gasteiger partial charge in [-0.2, -0.15) is 0 Å². The highest BCUT2D eigenvalue weighted by molar-refractivity contribution is 5.90. The van der Waals surface area contributed by atoms with E-state index >= 15 is 0 Å². The van der Waals surface area contributed by atoms with Crippen molar-refractivity contribution in [1.29, 1.82) is 0 Å². The Bertz CT molecular complexity index is 364. The van der Waals surface area contributed by atoms with Gasteiger partial charge < -0.3 is 4.74 Å². The lowest BCUT2D eigenvalue weighted by Crippen LogP contribution is -2.33. The summed E-state index contributed by atoms with van der Waals surface area (Å²) < 4.78 is 5.03. The number of benzene rings is 1. The van der Waals surface area contributed by atoms with Crippen LogP contribution in [-0.4, -0.2) is 19.5 Å². The van der Waals surface area contributed by atoms with Crippen LogP contribution in [0, 0.1) is 0 Å². The largest absolute Gasteiger partial charge is 0.384 e. The first-order valence-corrected chi connectivity index (χ1v) is 6.37. The molecule has 0 atom stereocenters. The molecule has 2 rings (SSSR count). The van der Waals surface area contributed by atoms with Crippen molar-refractivity contribution in [3.63, 3.8) is 0 Å². The minimum absolute atomic E-state index is 0.222. The summed E-state index contributed by atoms with van der Waals surface area (Å²) in [5.74, 6) is 0.350. The molecule has 0 amide bonds. The van der Waals surface area contributed by atoms with Gasteiger partial charge in [0.05, 0.1) is 12.0 Å². The van der Waals surface area contributed by atoms with Gasteiger partial charge in [0.15, 0.2) is 0 Å². The molecule has 2 nitrogen and oxygen atoms in total. The quantitative estimate of drug-likeness (QED) is 0.779. The molecule has 0 unspecified atom stereocenters. The van der Waals surface area contributed by atoms with Crippen LogP contribution in [0.15, 0.2) is 30.3 Å². The van der Waals surface area contributed by atoms with Gasteiger partial charge >= 0.3 is 0 Å². The van der Waals surface area contributed by atoms with Gasteiger partial charge in [-0.3, -0.25) is 4.79 Å². The van der Waals surface area contributed by atoms with E-state index in [1.807, 2.05) is 18.2 Å². The molecule has 17 heavy (non-hydrogen) atoms. The van der Waals surface area contributed by atoms with E-state index in [1.54, 1.807) is 7.11 Å². The van der Waals surface area contributed by atoms with Crippen molar-refractivity contribution in [3.8, 4) is 0 Å². The van der Waals surface area contributed by atoms with Crippen molar-refractivity contribution in [1.82, 2.24) is 0 Å². The summed E-state index contributed by atoms with van der Waals surface area (Å²) in [5.41, 5.74) is 0.971. The van der Waals surface area contributed by atoms with E-state index in [1.165, 1.54) is 5.56 Å². The number of ketones is 1. The normalized spacial score (nSPS) is 18.2. The molecular weight excluding hydrogens is 212 g/mol. The molecule has 1 fully saturated rings. The smallest absolute Gasteiger partial charge is 0.145 e. The highest BCUT2D eigenvalue weighted by Crippen LogP contribution is 2.42. The lowest BCUT2D eigenvalue weighted by Gasteiger charge is -2.28. The van der Waals surface area contributed by atoms with Crippen LogP contribution in [0.4, 0.5) is 0 Å². The second-order valence-corrected chi connectivity index (χ2v) is 4.82. The fourth-order valence-electron chi connectivity index (χ4n) is 2.90. The van der Waals surface area contributed by atoms with E-state index < -0.39 is 0 Å². The summed E-state index contributed by atoms with van der Waals surface area (Å²) in [6.45, 7) is 0.535. The fourth-order valence-corrected chi connectivity index (χ4v) is 2.90. The van der Waals surface area contributed by atoms with E-state index in [0.717, 1.165) is 25.7 Å². The molecule has 1 aromatic carbocycles. The van der Waals surface area contributed by atoms with Crippen LogP contribution >= 0.6 is 0 Å². The highest BCUT2D eigenvalue weighted by Gasteiger charge is 2.41. The third kappa shape index (κ3) is 2.42. The predicted octanol–water partition coefficient (Wildman–Crippen LogP) is 3.10. The first-order valence-electron chi connectivity index (χ1n) is 6.37. The van der Waals surface area contributed by atoms with Gasteiger partial charge in [-0.05, 0) is 18.4 Å². The van der Waals surface area contributed by atoms with E-state index in [4.69, 9.17) is 4.74 Å². The zero-order valence-corrected chi connectivity index (χ0v) is 10.4. The maximum absolute atomic E-state index is 12.4. The highest BCUT2D eigenvalue weighted by atomic mass is 16.5. The predicted molar refractivity (Wildman–Crippen MR) is 68.1 cm³/mol. The summed E-state index contributed by atoms with van der Waals surface area (Å²) in [6, 6.07) is 10.2. The number of hydrogen-bond donors (Lipinski definition) is 0. The molecule has 1 aromatic rings. The van der Waals surface area contributed by atoms with Crippen molar-refractivity contribution in [3.05, 3.63) is 35.9 Å². The third-order valence-corrected chi connectivity index (χ3v) is 3.85. The summed E-state index contributed by atoms with van der Waals surface area (Å²) in [7, 11) is 1.65. The van der Waals surface area contributed by atoms with Crippen molar-refractivity contribution >= 4 is 5.78 Å². The molecule has 0 bridgehead atoms. The molecule has 0 radical (unpaired) electrons.